The monoisotopic (exact) mass is 449 g/mol. The van der Waals surface area contributed by atoms with Crippen LogP contribution in [0.15, 0.2) is 59.0 Å². The number of hydrogen-bond donors (Lipinski definition) is 1. The highest BCUT2D eigenvalue weighted by molar-refractivity contribution is 7.17. The molecule has 0 aliphatic heterocycles. The molecule has 0 radical (unpaired) electrons. The average molecular weight is 450 g/mol. The van der Waals surface area contributed by atoms with Crippen LogP contribution in [-0.4, -0.2) is 29.7 Å². The third-order valence-electron chi connectivity index (χ3n) is 5.23. The Morgan fingerprint density at radius 1 is 1.12 bits per heavy atom. The highest BCUT2D eigenvalue weighted by atomic mass is 32.1. The molecule has 0 fully saturated rings. The molecule has 0 spiro atoms. The molecule has 0 bridgehead atoms. The fraction of sp³-hybridized carbons (Fsp3) is 0.208. The zero-order valence-corrected chi connectivity index (χ0v) is 18.9. The maximum absolute atomic E-state index is 13.2. The van der Waals surface area contributed by atoms with Gasteiger partial charge in [-0.3, -0.25) is 14.2 Å². The van der Waals surface area contributed by atoms with E-state index in [1.807, 2.05) is 17.5 Å². The number of rotatable bonds is 7. The van der Waals surface area contributed by atoms with E-state index in [-0.39, 0.29) is 18.0 Å². The van der Waals surface area contributed by atoms with E-state index in [1.54, 1.807) is 25.3 Å². The maximum atomic E-state index is 13.2. The van der Waals surface area contributed by atoms with Gasteiger partial charge in [0.1, 0.15) is 22.9 Å². The van der Waals surface area contributed by atoms with Crippen LogP contribution in [0.4, 0.5) is 5.69 Å². The molecule has 1 amide bonds. The first-order chi connectivity index (χ1) is 15.5. The second kappa shape index (κ2) is 9.23. The van der Waals surface area contributed by atoms with E-state index in [4.69, 9.17) is 9.47 Å². The van der Waals surface area contributed by atoms with E-state index < -0.39 is 0 Å². The molecule has 0 atom stereocenters. The van der Waals surface area contributed by atoms with E-state index in [9.17, 15) is 9.59 Å². The summed E-state index contributed by atoms with van der Waals surface area (Å²) in [5.74, 6) is 0.706. The van der Waals surface area contributed by atoms with Gasteiger partial charge in [-0.2, -0.15) is 0 Å². The Kier molecular flexibility index (Phi) is 6.23. The van der Waals surface area contributed by atoms with Crippen LogP contribution in [0, 0.1) is 0 Å². The van der Waals surface area contributed by atoms with Gasteiger partial charge in [-0.25, -0.2) is 4.98 Å². The highest BCUT2D eigenvalue weighted by Gasteiger charge is 2.16. The Morgan fingerprint density at radius 2 is 1.91 bits per heavy atom. The minimum Gasteiger partial charge on any atom is -0.497 e. The van der Waals surface area contributed by atoms with Crippen molar-refractivity contribution in [2.75, 3.05) is 19.5 Å². The van der Waals surface area contributed by atoms with E-state index >= 15 is 0 Å². The fourth-order valence-corrected chi connectivity index (χ4v) is 4.38. The molecule has 32 heavy (non-hydrogen) atoms. The first-order valence-corrected chi connectivity index (χ1v) is 11.0. The third kappa shape index (κ3) is 4.22. The van der Waals surface area contributed by atoms with Crippen molar-refractivity contribution in [3.63, 3.8) is 0 Å². The quantitative estimate of drug-likeness (QED) is 0.454. The molecule has 0 unspecified atom stereocenters. The number of carbonyl (C=O) groups is 1. The van der Waals surface area contributed by atoms with Crippen molar-refractivity contribution in [3.05, 3.63) is 70.1 Å². The zero-order valence-electron chi connectivity index (χ0n) is 18.0. The van der Waals surface area contributed by atoms with Gasteiger partial charge in [0.25, 0.3) is 5.56 Å². The summed E-state index contributed by atoms with van der Waals surface area (Å²) in [5.41, 5.74) is 3.23. The summed E-state index contributed by atoms with van der Waals surface area (Å²) in [6.45, 7) is 1.93. The number of hydrogen-bond acceptors (Lipinski definition) is 6. The molecule has 0 aliphatic carbocycles. The molecule has 7 nitrogen and oxygen atoms in total. The van der Waals surface area contributed by atoms with Crippen LogP contribution in [-0.2, 0) is 17.8 Å². The van der Waals surface area contributed by atoms with Crippen LogP contribution in [0.2, 0.25) is 0 Å². The van der Waals surface area contributed by atoms with Crippen molar-refractivity contribution >= 4 is 33.1 Å². The van der Waals surface area contributed by atoms with Crippen LogP contribution in [0.3, 0.4) is 0 Å². The largest absolute Gasteiger partial charge is 0.497 e. The molecule has 2 aromatic carbocycles. The molecule has 0 saturated carbocycles. The van der Waals surface area contributed by atoms with Crippen LogP contribution >= 0.6 is 11.3 Å². The van der Waals surface area contributed by atoms with E-state index in [0.29, 0.717) is 27.4 Å². The molecule has 0 saturated heterocycles. The van der Waals surface area contributed by atoms with Crippen molar-refractivity contribution in [1.29, 1.82) is 0 Å². The van der Waals surface area contributed by atoms with Crippen LogP contribution in [0.25, 0.3) is 21.3 Å². The number of nitrogens with one attached hydrogen (secondary N) is 1. The van der Waals surface area contributed by atoms with Gasteiger partial charge in [-0.05, 0) is 29.7 Å². The van der Waals surface area contributed by atoms with E-state index in [1.165, 1.54) is 34.9 Å². The number of methoxy groups -OCH3 is 2. The van der Waals surface area contributed by atoms with Crippen LogP contribution in [0.5, 0.6) is 11.5 Å². The van der Waals surface area contributed by atoms with Crippen molar-refractivity contribution in [1.82, 2.24) is 9.55 Å². The van der Waals surface area contributed by atoms with Gasteiger partial charge in [-0.1, -0.05) is 31.2 Å². The number of thiophene rings is 1. The summed E-state index contributed by atoms with van der Waals surface area (Å²) in [4.78, 5) is 31.0. The summed E-state index contributed by atoms with van der Waals surface area (Å²) in [5, 5.41) is 5.24. The standard InChI is InChI=1S/C24H23N3O4S/c1-4-15-5-7-16(8-6-15)18-13-32-23-22(18)24(29)27(14-25-23)12-21(28)26-19-11-17(30-2)9-10-20(19)31-3/h5-11,13-14H,4,12H2,1-3H3,(H,26,28). The number of aryl methyl sites for hydroxylation is 1. The first kappa shape index (κ1) is 21.6. The Balaban J connectivity index is 1.63. The summed E-state index contributed by atoms with van der Waals surface area (Å²) in [6, 6.07) is 13.2. The number of nitrogens with zero attached hydrogens (tertiary/aromatic N) is 2. The van der Waals surface area contributed by atoms with Gasteiger partial charge in [0.15, 0.2) is 0 Å². The second-order valence-corrected chi connectivity index (χ2v) is 8.03. The number of amides is 1. The molecule has 2 aromatic heterocycles. The van der Waals surface area contributed by atoms with Gasteiger partial charge in [0, 0.05) is 17.0 Å². The number of benzene rings is 2. The topological polar surface area (TPSA) is 82.5 Å². The van der Waals surface area contributed by atoms with E-state index in [0.717, 1.165) is 17.5 Å². The Hall–Kier alpha value is -3.65. The number of carbonyl (C=O) groups excluding carboxylic acids is 1. The molecule has 4 rings (SSSR count). The lowest BCUT2D eigenvalue weighted by molar-refractivity contribution is -0.116. The second-order valence-electron chi connectivity index (χ2n) is 7.17. The van der Waals surface area contributed by atoms with Crippen molar-refractivity contribution in [2.24, 2.45) is 0 Å². The number of ether oxygens (including phenoxy) is 2. The van der Waals surface area contributed by atoms with Crippen LogP contribution in [0.1, 0.15) is 12.5 Å². The highest BCUT2D eigenvalue weighted by Crippen LogP contribution is 2.31. The van der Waals surface area contributed by atoms with Gasteiger partial charge < -0.3 is 14.8 Å². The van der Waals surface area contributed by atoms with Gasteiger partial charge in [0.2, 0.25) is 5.91 Å². The van der Waals surface area contributed by atoms with Crippen molar-refractivity contribution < 1.29 is 14.3 Å². The van der Waals surface area contributed by atoms with Gasteiger partial charge in [0.05, 0.1) is 31.6 Å². The van der Waals surface area contributed by atoms with Gasteiger partial charge in [-0.15, -0.1) is 11.3 Å². The summed E-state index contributed by atoms with van der Waals surface area (Å²) < 4.78 is 11.8. The molecule has 0 aliphatic rings. The molecule has 2 heterocycles. The van der Waals surface area contributed by atoms with Crippen LogP contribution < -0.4 is 20.3 Å². The lowest BCUT2D eigenvalue weighted by Crippen LogP contribution is -2.28. The smallest absolute Gasteiger partial charge is 0.263 e. The summed E-state index contributed by atoms with van der Waals surface area (Å²) in [7, 11) is 3.06. The number of fused-ring (bicyclic) bond motifs is 1. The molecule has 164 valence electrons. The Labute approximate surface area is 189 Å². The van der Waals surface area contributed by atoms with Gasteiger partial charge >= 0.3 is 0 Å². The fourth-order valence-electron chi connectivity index (χ4n) is 3.47. The predicted molar refractivity (Wildman–Crippen MR) is 127 cm³/mol. The van der Waals surface area contributed by atoms with E-state index in [2.05, 4.69) is 29.4 Å². The molecule has 1 N–H and O–H groups in total. The lowest BCUT2D eigenvalue weighted by atomic mass is 10.0. The average Bonchev–Trinajstić information content (AvgIpc) is 3.26. The van der Waals surface area contributed by atoms with Crippen molar-refractivity contribution in [3.8, 4) is 22.6 Å². The Morgan fingerprint density at radius 3 is 2.59 bits per heavy atom. The lowest BCUT2D eigenvalue weighted by Gasteiger charge is -2.12. The van der Waals surface area contributed by atoms with Crippen molar-refractivity contribution in [2.45, 2.75) is 19.9 Å². The molecule has 4 aromatic rings. The molecular formula is C24H23N3O4S. The predicted octanol–water partition coefficient (Wildman–Crippen LogP) is 4.34. The Bertz CT molecular complexity index is 1330. The minimum absolute atomic E-state index is 0.174. The summed E-state index contributed by atoms with van der Waals surface area (Å²) in [6.07, 6.45) is 2.36. The first-order valence-electron chi connectivity index (χ1n) is 10.1. The number of aromatic nitrogens is 2. The molecular weight excluding hydrogens is 426 g/mol. The maximum Gasteiger partial charge on any atom is 0.263 e. The zero-order chi connectivity index (χ0) is 22.7. The number of anilines is 1. The summed E-state index contributed by atoms with van der Waals surface area (Å²) >= 11 is 1.42. The minimum atomic E-state index is -0.371. The SMILES string of the molecule is CCc1ccc(-c2csc3ncn(CC(=O)Nc4cc(OC)ccc4OC)c(=O)c23)cc1. The normalized spacial score (nSPS) is 10.8. The molecule has 8 heteroatoms. The third-order valence-corrected chi connectivity index (χ3v) is 6.11.